The number of hydrogen-bond acceptors (Lipinski definition) is 2. The summed E-state index contributed by atoms with van der Waals surface area (Å²) in [5, 5.41) is 7.53. The van der Waals surface area contributed by atoms with Gasteiger partial charge in [-0.3, -0.25) is 4.99 Å². The summed E-state index contributed by atoms with van der Waals surface area (Å²) in [5.74, 6) is 1.08. The highest BCUT2D eigenvalue weighted by molar-refractivity contribution is 6.25. The van der Waals surface area contributed by atoms with Gasteiger partial charge in [0.05, 0.1) is 27.3 Å². The lowest BCUT2D eigenvalue weighted by atomic mass is 9.78. The van der Waals surface area contributed by atoms with Crippen molar-refractivity contribution in [3.63, 3.8) is 0 Å². The van der Waals surface area contributed by atoms with Crippen molar-refractivity contribution in [1.29, 1.82) is 0 Å². The van der Waals surface area contributed by atoms with E-state index in [4.69, 9.17) is 16.6 Å². The van der Waals surface area contributed by atoms with Crippen molar-refractivity contribution in [3.05, 3.63) is 48.1 Å². The molecule has 0 amide bonds. The predicted octanol–water partition coefficient (Wildman–Crippen LogP) is 6.29. The third-order valence-electron chi connectivity index (χ3n) is 6.17. The number of alkyl halides is 1. The summed E-state index contributed by atoms with van der Waals surface area (Å²) in [5.41, 5.74) is 3.19. The fraction of sp³-hybridized carbons (Fsp3) is 0.522. The van der Waals surface area contributed by atoms with E-state index in [1.807, 2.05) is 0 Å². The van der Waals surface area contributed by atoms with Gasteiger partial charge in [0.25, 0.3) is 0 Å². The molecule has 1 atom stereocenters. The van der Waals surface area contributed by atoms with Gasteiger partial charge in [-0.1, -0.05) is 49.6 Å². The maximum absolute atomic E-state index is 6.62. The van der Waals surface area contributed by atoms with E-state index in [2.05, 4.69) is 73.9 Å². The second kappa shape index (κ2) is 6.70. The first-order valence-corrected chi connectivity index (χ1v) is 10.5. The van der Waals surface area contributed by atoms with E-state index >= 15 is 0 Å². The molecule has 0 bridgehead atoms. The van der Waals surface area contributed by atoms with Crippen LogP contribution in [0.25, 0.3) is 0 Å². The van der Waals surface area contributed by atoms with Gasteiger partial charge in [-0.05, 0) is 57.7 Å². The summed E-state index contributed by atoms with van der Waals surface area (Å²) in [4.78, 5) is 4.99. The number of nitrogens with zero attached hydrogens (tertiary/aromatic N) is 1. The number of para-hydroxylation sites is 2. The van der Waals surface area contributed by atoms with Crippen molar-refractivity contribution in [3.8, 4) is 0 Å². The van der Waals surface area contributed by atoms with Crippen molar-refractivity contribution in [2.45, 2.75) is 75.2 Å². The van der Waals surface area contributed by atoms with Crippen LogP contribution in [0.2, 0.25) is 0 Å². The Morgan fingerprint density at radius 3 is 2.48 bits per heavy atom. The molecule has 1 unspecified atom stereocenters. The van der Waals surface area contributed by atoms with Gasteiger partial charge in [0.2, 0.25) is 0 Å². The summed E-state index contributed by atoms with van der Waals surface area (Å²) >= 11 is 6.62. The van der Waals surface area contributed by atoms with Gasteiger partial charge < -0.3 is 10.6 Å². The number of anilines is 2. The molecule has 1 saturated carbocycles. The first kappa shape index (κ1) is 18.6. The van der Waals surface area contributed by atoms with Crippen LogP contribution in [0, 0.1) is 0 Å². The van der Waals surface area contributed by atoms with Crippen LogP contribution in [0.4, 0.5) is 11.4 Å². The molecule has 1 aromatic carbocycles. The Morgan fingerprint density at radius 2 is 1.78 bits per heavy atom. The zero-order valence-corrected chi connectivity index (χ0v) is 17.4. The summed E-state index contributed by atoms with van der Waals surface area (Å²) < 4.78 is 0. The fourth-order valence-electron chi connectivity index (χ4n) is 4.54. The van der Waals surface area contributed by atoms with Gasteiger partial charge in [-0.25, -0.2) is 0 Å². The van der Waals surface area contributed by atoms with Gasteiger partial charge >= 0.3 is 0 Å². The van der Waals surface area contributed by atoms with Gasteiger partial charge in [-0.2, -0.15) is 0 Å². The summed E-state index contributed by atoms with van der Waals surface area (Å²) in [6.45, 7) is 6.48. The smallest absolute Gasteiger partial charge is 0.128 e. The lowest BCUT2D eigenvalue weighted by molar-refractivity contribution is 0.399. The van der Waals surface area contributed by atoms with Crippen LogP contribution in [0.15, 0.2) is 53.1 Å². The Morgan fingerprint density at radius 1 is 1.07 bits per heavy atom. The predicted molar refractivity (Wildman–Crippen MR) is 117 cm³/mol. The van der Waals surface area contributed by atoms with Crippen LogP contribution in [0.5, 0.6) is 0 Å². The van der Waals surface area contributed by atoms with E-state index in [0.29, 0.717) is 0 Å². The molecule has 2 N–H and O–H groups in total. The third kappa shape index (κ3) is 3.67. The molecule has 4 heteroatoms. The van der Waals surface area contributed by atoms with E-state index in [0.717, 1.165) is 30.8 Å². The van der Waals surface area contributed by atoms with Crippen LogP contribution in [0.1, 0.15) is 59.3 Å². The molecule has 1 aliphatic heterocycles. The largest absolute Gasteiger partial charge is 0.371 e. The molecule has 2 aliphatic carbocycles. The zero-order valence-electron chi connectivity index (χ0n) is 16.6. The van der Waals surface area contributed by atoms with E-state index < -0.39 is 0 Å². The minimum absolute atomic E-state index is 0.0841. The summed E-state index contributed by atoms with van der Waals surface area (Å²) in [7, 11) is 0. The normalized spacial score (nSPS) is 28.3. The molecule has 0 radical (unpaired) electrons. The van der Waals surface area contributed by atoms with Crippen LogP contribution in [-0.2, 0) is 0 Å². The third-order valence-corrected chi connectivity index (χ3v) is 6.43. The SMILES string of the molecule is CC1(Cl)C=CC=C(C(C)(C)N=C2Nc3ccccc3NC23CCCCC3)C1. The quantitative estimate of drug-likeness (QED) is 0.589. The number of fused-ring (bicyclic) bond motifs is 1. The molecule has 27 heavy (non-hydrogen) atoms. The van der Waals surface area contributed by atoms with Gasteiger partial charge in [-0.15, -0.1) is 11.6 Å². The van der Waals surface area contributed by atoms with Crippen LogP contribution in [0.3, 0.4) is 0 Å². The maximum atomic E-state index is 6.62. The Labute approximate surface area is 168 Å². The zero-order chi connectivity index (χ0) is 19.1. The molecule has 1 fully saturated rings. The Kier molecular flexibility index (Phi) is 4.62. The molecule has 0 aromatic heterocycles. The number of allylic oxidation sites excluding steroid dienone is 3. The first-order chi connectivity index (χ1) is 12.8. The van der Waals surface area contributed by atoms with Crippen LogP contribution in [-0.4, -0.2) is 21.8 Å². The molecular weight excluding hydrogens is 354 g/mol. The van der Waals surface area contributed by atoms with E-state index in [1.54, 1.807) is 0 Å². The van der Waals surface area contributed by atoms with Crippen LogP contribution >= 0.6 is 11.6 Å². The van der Waals surface area contributed by atoms with Crippen molar-refractivity contribution in [2.24, 2.45) is 4.99 Å². The highest BCUT2D eigenvalue weighted by Crippen LogP contribution is 2.42. The topological polar surface area (TPSA) is 36.4 Å². The minimum Gasteiger partial charge on any atom is -0.371 e. The van der Waals surface area contributed by atoms with Crippen molar-refractivity contribution in [2.75, 3.05) is 10.6 Å². The highest BCUT2D eigenvalue weighted by atomic mass is 35.5. The molecule has 3 aliphatic rings. The Bertz CT molecular complexity index is 811. The number of amidine groups is 1. The fourth-order valence-corrected chi connectivity index (χ4v) is 4.76. The average Bonchev–Trinajstić information content (AvgIpc) is 2.62. The van der Waals surface area contributed by atoms with Crippen molar-refractivity contribution in [1.82, 2.24) is 0 Å². The van der Waals surface area contributed by atoms with Gasteiger partial charge in [0.15, 0.2) is 0 Å². The summed E-state index contributed by atoms with van der Waals surface area (Å²) in [6.07, 6.45) is 13.2. The van der Waals surface area contributed by atoms with Crippen molar-refractivity contribution < 1.29 is 0 Å². The van der Waals surface area contributed by atoms with Gasteiger partial charge in [0, 0.05) is 0 Å². The van der Waals surface area contributed by atoms with E-state index in [1.165, 1.54) is 30.5 Å². The Balaban J connectivity index is 1.73. The number of hydrogen-bond donors (Lipinski definition) is 2. The van der Waals surface area contributed by atoms with E-state index in [-0.39, 0.29) is 16.0 Å². The number of rotatable bonds is 2. The van der Waals surface area contributed by atoms with E-state index in [9.17, 15) is 0 Å². The lowest BCUT2D eigenvalue weighted by Crippen LogP contribution is -2.54. The monoisotopic (exact) mass is 383 g/mol. The molecule has 3 nitrogen and oxygen atoms in total. The molecule has 1 spiro atoms. The number of benzene rings is 1. The second-order valence-electron chi connectivity index (χ2n) is 8.96. The van der Waals surface area contributed by atoms with Crippen molar-refractivity contribution >= 4 is 28.8 Å². The maximum Gasteiger partial charge on any atom is 0.128 e. The molecule has 0 saturated heterocycles. The minimum atomic E-state index is -0.324. The second-order valence-corrected chi connectivity index (χ2v) is 9.83. The number of aliphatic imine (C=N–C) groups is 1. The highest BCUT2D eigenvalue weighted by Gasteiger charge is 2.42. The number of halogens is 1. The lowest BCUT2D eigenvalue weighted by Gasteiger charge is -2.45. The van der Waals surface area contributed by atoms with Crippen LogP contribution < -0.4 is 10.6 Å². The molecule has 4 rings (SSSR count). The standard InChI is InChI=1S/C23H30ClN3/c1-21(2,17-10-9-13-22(3,24)16-17)27-20-23(14-7-4-8-15-23)26-19-12-6-5-11-18(19)25-20/h5-6,9-13,26H,4,7-8,14-16H2,1-3H3,(H,25,27). The molecule has 1 aromatic rings. The summed E-state index contributed by atoms with van der Waals surface area (Å²) in [6, 6.07) is 8.45. The molecule has 1 heterocycles. The average molecular weight is 384 g/mol. The molecule has 144 valence electrons. The molecular formula is C23H30ClN3. The Hall–Kier alpha value is -1.74. The van der Waals surface area contributed by atoms with Gasteiger partial charge in [0.1, 0.15) is 5.84 Å². The number of nitrogens with one attached hydrogen (secondary N) is 2. The first-order valence-electron chi connectivity index (χ1n) is 10.1.